The van der Waals surface area contributed by atoms with Gasteiger partial charge in [0.25, 0.3) is 11.5 Å². The van der Waals surface area contributed by atoms with Gasteiger partial charge >= 0.3 is 5.69 Å². The molecule has 0 aromatic carbocycles. The smallest absolute Gasteiger partial charge is 0.331 e. The summed E-state index contributed by atoms with van der Waals surface area (Å²) < 4.78 is 9.41. The Hall–Kier alpha value is -2.68. The lowest BCUT2D eigenvalue weighted by molar-refractivity contribution is 0.0690. The SMILES string of the molecule is COCCn1ccnc1[C@H]1CCCN(C(=O)c2cc(=O)n(C)c(=O)n2C)C1. The fraction of sp³-hybridized carbons (Fsp3) is 0.556. The van der Waals surface area contributed by atoms with E-state index in [1.54, 1.807) is 18.2 Å². The van der Waals surface area contributed by atoms with Gasteiger partial charge in [0, 0.05) is 65.2 Å². The van der Waals surface area contributed by atoms with Gasteiger partial charge in [-0.15, -0.1) is 0 Å². The molecule has 27 heavy (non-hydrogen) atoms. The van der Waals surface area contributed by atoms with Crippen LogP contribution in [0.3, 0.4) is 0 Å². The molecule has 0 bridgehead atoms. The summed E-state index contributed by atoms with van der Waals surface area (Å²) in [7, 11) is 4.57. The van der Waals surface area contributed by atoms with Crippen molar-refractivity contribution in [3.05, 3.63) is 50.8 Å². The first kappa shape index (κ1) is 19.1. The van der Waals surface area contributed by atoms with E-state index in [1.807, 2.05) is 6.20 Å². The van der Waals surface area contributed by atoms with E-state index in [-0.39, 0.29) is 17.5 Å². The van der Waals surface area contributed by atoms with Gasteiger partial charge in [-0.05, 0) is 12.8 Å². The maximum absolute atomic E-state index is 13.0. The van der Waals surface area contributed by atoms with Crippen LogP contribution in [0.5, 0.6) is 0 Å². The van der Waals surface area contributed by atoms with Crippen LogP contribution in [0.25, 0.3) is 0 Å². The molecule has 0 aliphatic carbocycles. The fourth-order valence-electron chi connectivity index (χ4n) is 3.53. The minimum atomic E-state index is -0.505. The molecule has 1 amide bonds. The summed E-state index contributed by atoms with van der Waals surface area (Å²) in [5, 5.41) is 0. The zero-order chi connectivity index (χ0) is 19.6. The highest BCUT2D eigenvalue weighted by atomic mass is 16.5. The topological polar surface area (TPSA) is 91.4 Å². The summed E-state index contributed by atoms with van der Waals surface area (Å²) in [6, 6.07) is 1.23. The molecule has 0 N–H and O–H groups in total. The number of hydrogen-bond acceptors (Lipinski definition) is 5. The van der Waals surface area contributed by atoms with Crippen molar-refractivity contribution in [3.63, 3.8) is 0 Å². The Morgan fingerprint density at radius 1 is 1.30 bits per heavy atom. The van der Waals surface area contributed by atoms with E-state index < -0.39 is 11.2 Å². The molecular weight excluding hydrogens is 350 g/mol. The van der Waals surface area contributed by atoms with Gasteiger partial charge in [0.15, 0.2) is 0 Å². The summed E-state index contributed by atoms with van der Waals surface area (Å²) in [4.78, 5) is 43.2. The number of carbonyl (C=O) groups is 1. The van der Waals surface area contributed by atoms with Gasteiger partial charge in [0.1, 0.15) is 11.5 Å². The Bertz CT molecular complexity index is 942. The lowest BCUT2D eigenvalue weighted by atomic mass is 9.96. The van der Waals surface area contributed by atoms with Gasteiger partial charge < -0.3 is 14.2 Å². The van der Waals surface area contributed by atoms with Crippen LogP contribution in [0.1, 0.15) is 35.1 Å². The van der Waals surface area contributed by atoms with Crippen LogP contribution < -0.4 is 11.2 Å². The van der Waals surface area contributed by atoms with E-state index in [2.05, 4.69) is 9.55 Å². The van der Waals surface area contributed by atoms with Crippen LogP contribution in [0, 0.1) is 0 Å². The predicted octanol–water partition coefficient (Wildman–Crippen LogP) is -0.0533. The number of ether oxygens (including phenoxy) is 1. The van der Waals surface area contributed by atoms with Gasteiger partial charge in [0.05, 0.1) is 6.61 Å². The maximum atomic E-state index is 13.0. The first-order chi connectivity index (χ1) is 12.9. The van der Waals surface area contributed by atoms with Crippen molar-refractivity contribution in [2.24, 2.45) is 14.1 Å². The summed E-state index contributed by atoms with van der Waals surface area (Å²) >= 11 is 0. The van der Waals surface area contributed by atoms with Crippen LogP contribution >= 0.6 is 0 Å². The molecule has 1 aliphatic heterocycles. The minimum absolute atomic E-state index is 0.109. The molecule has 0 unspecified atom stereocenters. The zero-order valence-corrected chi connectivity index (χ0v) is 15.9. The molecule has 0 radical (unpaired) electrons. The van der Waals surface area contributed by atoms with Crippen molar-refractivity contribution in [1.29, 1.82) is 0 Å². The summed E-state index contributed by atoms with van der Waals surface area (Å²) in [6.07, 6.45) is 5.45. The fourth-order valence-corrected chi connectivity index (χ4v) is 3.53. The number of methoxy groups -OCH3 is 1. The Morgan fingerprint density at radius 3 is 2.81 bits per heavy atom. The highest BCUT2D eigenvalue weighted by Crippen LogP contribution is 2.26. The third kappa shape index (κ3) is 3.73. The standard InChI is InChI=1S/C18H25N5O4/c1-20-14(11-15(24)21(2)18(20)26)17(25)23-7-4-5-13(12-23)16-19-6-8-22(16)9-10-27-3/h6,8,11,13H,4-5,7,9-10,12H2,1-3H3/t13-/m0/s1. The van der Waals surface area contributed by atoms with Crippen molar-refractivity contribution in [2.45, 2.75) is 25.3 Å². The average molecular weight is 375 g/mol. The van der Waals surface area contributed by atoms with Gasteiger partial charge in [0.2, 0.25) is 0 Å². The third-order valence-corrected chi connectivity index (χ3v) is 5.10. The molecule has 2 aromatic rings. The van der Waals surface area contributed by atoms with E-state index in [1.165, 1.54) is 24.7 Å². The lowest BCUT2D eigenvalue weighted by Crippen LogP contribution is -2.45. The van der Waals surface area contributed by atoms with Crippen molar-refractivity contribution in [1.82, 2.24) is 23.6 Å². The van der Waals surface area contributed by atoms with Gasteiger partial charge in [-0.2, -0.15) is 0 Å². The maximum Gasteiger partial charge on any atom is 0.331 e. The number of aromatic nitrogens is 4. The molecule has 9 nitrogen and oxygen atoms in total. The van der Waals surface area contributed by atoms with Crippen LogP contribution in [0.15, 0.2) is 28.0 Å². The first-order valence-electron chi connectivity index (χ1n) is 9.00. The molecular formula is C18H25N5O4. The molecule has 0 spiro atoms. The van der Waals surface area contributed by atoms with Crippen molar-refractivity contribution in [3.8, 4) is 0 Å². The number of carbonyl (C=O) groups excluding carboxylic acids is 1. The van der Waals surface area contributed by atoms with Crippen molar-refractivity contribution < 1.29 is 9.53 Å². The largest absolute Gasteiger partial charge is 0.383 e. The third-order valence-electron chi connectivity index (χ3n) is 5.10. The molecule has 3 heterocycles. The van der Waals surface area contributed by atoms with Crippen molar-refractivity contribution in [2.75, 3.05) is 26.8 Å². The second-order valence-corrected chi connectivity index (χ2v) is 6.83. The normalized spacial score (nSPS) is 17.3. The highest BCUT2D eigenvalue weighted by Gasteiger charge is 2.29. The summed E-state index contributed by atoms with van der Waals surface area (Å²) in [5.41, 5.74) is -0.869. The molecule has 1 fully saturated rings. The summed E-state index contributed by atoms with van der Waals surface area (Å²) in [5.74, 6) is 0.743. The van der Waals surface area contributed by atoms with E-state index in [0.717, 1.165) is 23.2 Å². The van der Waals surface area contributed by atoms with E-state index in [9.17, 15) is 14.4 Å². The predicted molar refractivity (Wildman–Crippen MR) is 98.9 cm³/mol. The molecule has 146 valence electrons. The molecule has 2 aromatic heterocycles. The Balaban J connectivity index is 1.83. The highest BCUT2D eigenvalue weighted by molar-refractivity contribution is 5.92. The Morgan fingerprint density at radius 2 is 2.07 bits per heavy atom. The number of likely N-dealkylation sites (tertiary alicyclic amines) is 1. The van der Waals surface area contributed by atoms with Gasteiger partial charge in [-0.25, -0.2) is 9.78 Å². The molecule has 9 heteroatoms. The van der Waals surface area contributed by atoms with Gasteiger partial charge in [-0.1, -0.05) is 0 Å². The Labute approximate surface area is 156 Å². The van der Waals surface area contributed by atoms with Crippen LogP contribution in [-0.4, -0.2) is 56.3 Å². The molecule has 1 saturated heterocycles. The summed E-state index contributed by atoms with van der Waals surface area (Å²) in [6.45, 7) is 2.40. The van der Waals surface area contributed by atoms with E-state index >= 15 is 0 Å². The monoisotopic (exact) mass is 375 g/mol. The minimum Gasteiger partial charge on any atom is -0.383 e. The second kappa shape index (κ2) is 7.91. The van der Waals surface area contributed by atoms with Crippen LogP contribution in [0.4, 0.5) is 0 Å². The van der Waals surface area contributed by atoms with Crippen molar-refractivity contribution >= 4 is 5.91 Å². The lowest BCUT2D eigenvalue weighted by Gasteiger charge is -2.33. The number of nitrogens with zero attached hydrogens (tertiary/aromatic N) is 5. The molecule has 0 saturated carbocycles. The van der Waals surface area contributed by atoms with E-state index in [0.29, 0.717) is 26.2 Å². The number of imidazole rings is 1. The average Bonchev–Trinajstić information content (AvgIpc) is 3.15. The second-order valence-electron chi connectivity index (χ2n) is 6.83. The number of hydrogen-bond donors (Lipinski definition) is 0. The number of piperidine rings is 1. The Kier molecular flexibility index (Phi) is 5.59. The van der Waals surface area contributed by atoms with Crippen LogP contribution in [0.2, 0.25) is 0 Å². The molecule has 1 atom stereocenters. The van der Waals surface area contributed by atoms with Crippen LogP contribution in [-0.2, 0) is 25.4 Å². The molecule has 1 aliphatic rings. The quantitative estimate of drug-likeness (QED) is 0.731. The first-order valence-corrected chi connectivity index (χ1v) is 9.00. The molecule has 3 rings (SSSR count). The zero-order valence-electron chi connectivity index (χ0n) is 15.9. The van der Waals surface area contributed by atoms with E-state index in [4.69, 9.17) is 4.74 Å². The number of amides is 1. The van der Waals surface area contributed by atoms with Gasteiger partial charge in [-0.3, -0.25) is 18.7 Å². The number of rotatable bonds is 5.